The van der Waals surface area contributed by atoms with E-state index in [2.05, 4.69) is 27.7 Å². The fraction of sp³-hybridized carbons (Fsp3) is 1.00. The zero-order valence-electron chi connectivity index (χ0n) is 12.3. The van der Waals surface area contributed by atoms with Crippen molar-refractivity contribution >= 4 is 0 Å². The zero-order valence-corrected chi connectivity index (χ0v) is 12.3. The van der Waals surface area contributed by atoms with Crippen LogP contribution in [0.25, 0.3) is 0 Å². The van der Waals surface area contributed by atoms with E-state index in [0.29, 0.717) is 0 Å². The smallest absolute Gasteiger partial charge is 0.0598 e. The summed E-state index contributed by atoms with van der Waals surface area (Å²) in [6, 6.07) is 0. The van der Waals surface area contributed by atoms with Crippen molar-refractivity contribution in [1.82, 2.24) is 0 Å². The van der Waals surface area contributed by atoms with Gasteiger partial charge in [-0.3, -0.25) is 0 Å². The van der Waals surface area contributed by atoms with Gasteiger partial charge in [0, 0.05) is 12.5 Å². The predicted molar refractivity (Wildman–Crippen MR) is 72.3 cm³/mol. The van der Waals surface area contributed by atoms with Crippen molar-refractivity contribution < 1.29 is 9.47 Å². The van der Waals surface area contributed by atoms with Crippen molar-refractivity contribution in [1.29, 1.82) is 0 Å². The van der Waals surface area contributed by atoms with E-state index >= 15 is 0 Å². The van der Waals surface area contributed by atoms with Crippen LogP contribution in [0.2, 0.25) is 0 Å². The maximum absolute atomic E-state index is 6.02. The molecule has 0 aliphatic heterocycles. The molecule has 2 nitrogen and oxygen atoms in total. The molecule has 1 rings (SSSR count). The van der Waals surface area contributed by atoms with Gasteiger partial charge in [-0.2, -0.15) is 0 Å². The summed E-state index contributed by atoms with van der Waals surface area (Å²) in [4.78, 5) is 0. The van der Waals surface area contributed by atoms with E-state index in [9.17, 15) is 0 Å². The van der Waals surface area contributed by atoms with E-state index in [4.69, 9.17) is 9.47 Å². The van der Waals surface area contributed by atoms with E-state index < -0.39 is 0 Å². The molecular weight excluding hydrogens is 212 g/mol. The lowest BCUT2D eigenvalue weighted by Gasteiger charge is -2.40. The predicted octanol–water partition coefficient (Wildman–Crippen LogP) is 4.03. The molecule has 0 spiro atoms. The zero-order chi connectivity index (χ0) is 12.9. The molecule has 0 aromatic rings. The first kappa shape index (κ1) is 15.0. The summed E-state index contributed by atoms with van der Waals surface area (Å²) in [5.74, 6) is 0.763. The summed E-state index contributed by atoms with van der Waals surface area (Å²) in [5, 5.41) is 0. The van der Waals surface area contributed by atoms with Gasteiger partial charge in [0.25, 0.3) is 0 Å². The Labute approximate surface area is 107 Å². The molecule has 1 unspecified atom stereocenters. The molecule has 102 valence electrons. The molecule has 0 aromatic carbocycles. The molecule has 0 aromatic heterocycles. The van der Waals surface area contributed by atoms with Crippen LogP contribution in [0.15, 0.2) is 0 Å². The van der Waals surface area contributed by atoms with Gasteiger partial charge >= 0.3 is 0 Å². The Morgan fingerprint density at radius 1 is 0.941 bits per heavy atom. The van der Waals surface area contributed by atoms with Gasteiger partial charge in [-0.15, -0.1) is 0 Å². The maximum atomic E-state index is 6.02. The second-order valence-electron chi connectivity index (χ2n) is 6.82. The molecule has 17 heavy (non-hydrogen) atoms. The molecule has 1 saturated carbocycles. The van der Waals surface area contributed by atoms with E-state index in [1.54, 1.807) is 7.11 Å². The highest BCUT2D eigenvalue weighted by molar-refractivity contribution is 4.85. The summed E-state index contributed by atoms with van der Waals surface area (Å²) >= 11 is 0. The maximum Gasteiger partial charge on any atom is 0.0598 e. The quantitative estimate of drug-likeness (QED) is 0.724. The molecule has 1 fully saturated rings. The van der Waals surface area contributed by atoms with Crippen molar-refractivity contribution in [3.63, 3.8) is 0 Å². The molecule has 0 heterocycles. The first-order valence-electron chi connectivity index (χ1n) is 7.00. The SMILES string of the molecule is COCC(C)(COC(C)(C)C)C1CCCCC1. The van der Waals surface area contributed by atoms with Crippen molar-refractivity contribution in [3.8, 4) is 0 Å². The van der Waals surface area contributed by atoms with Crippen molar-refractivity contribution in [2.75, 3.05) is 20.3 Å². The standard InChI is InChI=1S/C15H30O2/c1-14(2,3)17-12-15(4,11-16-5)13-9-7-6-8-10-13/h13H,6-12H2,1-5H3. The lowest BCUT2D eigenvalue weighted by Crippen LogP contribution is -2.40. The minimum atomic E-state index is -0.0519. The lowest BCUT2D eigenvalue weighted by molar-refractivity contribution is -0.0932. The van der Waals surface area contributed by atoms with Crippen LogP contribution in [0, 0.1) is 11.3 Å². The third kappa shape index (κ3) is 4.97. The van der Waals surface area contributed by atoms with Crippen LogP contribution in [0.1, 0.15) is 59.8 Å². The summed E-state index contributed by atoms with van der Waals surface area (Å²) in [6.07, 6.45) is 6.83. The third-order valence-corrected chi connectivity index (χ3v) is 3.90. The van der Waals surface area contributed by atoms with Crippen LogP contribution in [-0.2, 0) is 9.47 Å². The minimum absolute atomic E-state index is 0.0519. The molecule has 2 heteroatoms. The number of hydrogen-bond acceptors (Lipinski definition) is 2. The van der Waals surface area contributed by atoms with Gasteiger partial charge in [-0.25, -0.2) is 0 Å². The topological polar surface area (TPSA) is 18.5 Å². The monoisotopic (exact) mass is 242 g/mol. The van der Waals surface area contributed by atoms with Crippen LogP contribution in [0.5, 0.6) is 0 Å². The minimum Gasteiger partial charge on any atom is -0.384 e. The number of ether oxygens (including phenoxy) is 2. The molecule has 0 saturated heterocycles. The van der Waals surface area contributed by atoms with Gasteiger partial charge in [0.2, 0.25) is 0 Å². The van der Waals surface area contributed by atoms with Gasteiger partial charge in [0.15, 0.2) is 0 Å². The highest BCUT2D eigenvalue weighted by Crippen LogP contribution is 2.39. The molecule has 0 amide bonds. The first-order valence-corrected chi connectivity index (χ1v) is 7.00. The Kier molecular flexibility index (Phi) is 5.46. The second-order valence-corrected chi connectivity index (χ2v) is 6.82. The van der Waals surface area contributed by atoms with Gasteiger partial charge in [-0.05, 0) is 39.5 Å². The number of rotatable bonds is 5. The van der Waals surface area contributed by atoms with Crippen molar-refractivity contribution in [2.45, 2.75) is 65.4 Å². The van der Waals surface area contributed by atoms with Gasteiger partial charge in [0.05, 0.1) is 18.8 Å². The fourth-order valence-corrected chi connectivity index (χ4v) is 2.79. The Balaban J connectivity index is 2.59. The van der Waals surface area contributed by atoms with Gasteiger partial charge in [0.1, 0.15) is 0 Å². The van der Waals surface area contributed by atoms with E-state index in [1.165, 1.54) is 32.1 Å². The average molecular weight is 242 g/mol. The number of hydrogen-bond donors (Lipinski definition) is 0. The molecule has 0 radical (unpaired) electrons. The van der Waals surface area contributed by atoms with Crippen LogP contribution in [-0.4, -0.2) is 25.9 Å². The summed E-state index contributed by atoms with van der Waals surface area (Å²) in [6.45, 7) is 10.3. The van der Waals surface area contributed by atoms with Crippen molar-refractivity contribution in [2.24, 2.45) is 11.3 Å². The van der Waals surface area contributed by atoms with Crippen LogP contribution >= 0.6 is 0 Å². The lowest BCUT2D eigenvalue weighted by atomic mass is 9.70. The van der Waals surface area contributed by atoms with Crippen LogP contribution in [0.3, 0.4) is 0 Å². The third-order valence-electron chi connectivity index (χ3n) is 3.90. The van der Waals surface area contributed by atoms with Crippen molar-refractivity contribution in [3.05, 3.63) is 0 Å². The van der Waals surface area contributed by atoms with Crippen LogP contribution < -0.4 is 0 Å². The summed E-state index contributed by atoms with van der Waals surface area (Å²) in [5.41, 5.74) is 0.131. The molecule has 1 aliphatic rings. The highest BCUT2D eigenvalue weighted by atomic mass is 16.5. The summed E-state index contributed by atoms with van der Waals surface area (Å²) < 4.78 is 11.5. The van der Waals surface area contributed by atoms with Gasteiger partial charge in [-0.1, -0.05) is 26.2 Å². The molecule has 0 bridgehead atoms. The second kappa shape index (κ2) is 6.19. The Morgan fingerprint density at radius 3 is 2.00 bits per heavy atom. The Hall–Kier alpha value is -0.0800. The fourth-order valence-electron chi connectivity index (χ4n) is 2.79. The molecule has 1 atom stereocenters. The summed E-state index contributed by atoms with van der Waals surface area (Å²) in [7, 11) is 1.80. The molecular formula is C15H30O2. The highest BCUT2D eigenvalue weighted by Gasteiger charge is 2.36. The Bertz CT molecular complexity index is 213. The largest absolute Gasteiger partial charge is 0.384 e. The van der Waals surface area contributed by atoms with Crippen LogP contribution in [0.4, 0.5) is 0 Å². The number of methoxy groups -OCH3 is 1. The normalized spacial score (nSPS) is 22.4. The van der Waals surface area contributed by atoms with E-state index in [-0.39, 0.29) is 11.0 Å². The van der Waals surface area contributed by atoms with E-state index in [0.717, 1.165) is 19.1 Å². The molecule has 0 N–H and O–H groups in total. The van der Waals surface area contributed by atoms with Gasteiger partial charge < -0.3 is 9.47 Å². The Morgan fingerprint density at radius 2 is 1.53 bits per heavy atom. The molecule has 1 aliphatic carbocycles. The van der Waals surface area contributed by atoms with E-state index in [1.807, 2.05) is 0 Å². The average Bonchev–Trinajstić information content (AvgIpc) is 2.27. The first-order chi connectivity index (χ1) is 7.87.